The summed E-state index contributed by atoms with van der Waals surface area (Å²) in [4.78, 5) is 12.2. The number of hydrogen-bond acceptors (Lipinski definition) is 3. The van der Waals surface area contributed by atoms with Crippen LogP contribution in [0.4, 0.5) is 13.2 Å². The summed E-state index contributed by atoms with van der Waals surface area (Å²) in [6, 6.07) is 7.76. The lowest BCUT2D eigenvalue weighted by Crippen LogP contribution is -2.42. The zero-order valence-corrected chi connectivity index (χ0v) is 12.6. The van der Waals surface area contributed by atoms with Gasteiger partial charge in [-0.15, -0.1) is 0 Å². The number of amides is 1. The highest BCUT2D eigenvalue weighted by atomic mass is 19.4. The smallest absolute Gasteiger partial charge is 0.417 e. The molecule has 1 amide bonds. The first-order valence-electron chi connectivity index (χ1n) is 7.53. The van der Waals surface area contributed by atoms with Crippen molar-refractivity contribution < 1.29 is 27.5 Å². The van der Waals surface area contributed by atoms with Gasteiger partial charge in [-0.3, -0.25) is 4.79 Å². The first-order chi connectivity index (χ1) is 11.3. The van der Waals surface area contributed by atoms with Crippen molar-refractivity contribution in [2.45, 2.75) is 24.6 Å². The molecule has 1 heterocycles. The second-order valence-corrected chi connectivity index (χ2v) is 5.90. The predicted octanol–water partition coefficient (Wildman–Crippen LogP) is 3.33. The molecule has 2 N–H and O–H groups in total. The standard InChI is InChI=1S/C17H16F3NO3/c18-17(19,20)13-5-2-1-4-12(13)15(22)21-10-16(23,11-7-8-11)14-6-3-9-24-14/h1-6,9,11,23H,7-8,10H2,(H,21,22)/t16-/m0/s1. The number of hydrogen-bond donors (Lipinski definition) is 2. The molecule has 0 spiro atoms. The van der Waals surface area contributed by atoms with Gasteiger partial charge in [-0.2, -0.15) is 13.2 Å². The number of alkyl halides is 3. The molecule has 4 nitrogen and oxygen atoms in total. The van der Waals surface area contributed by atoms with Crippen LogP contribution in [0.2, 0.25) is 0 Å². The minimum Gasteiger partial charge on any atom is -0.466 e. The van der Waals surface area contributed by atoms with Gasteiger partial charge in [-0.05, 0) is 43.0 Å². The highest BCUT2D eigenvalue weighted by molar-refractivity contribution is 5.95. The molecule has 128 valence electrons. The Bertz CT molecular complexity index is 723. The van der Waals surface area contributed by atoms with Gasteiger partial charge in [0.1, 0.15) is 11.4 Å². The summed E-state index contributed by atoms with van der Waals surface area (Å²) < 4.78 is 44.2. The van der Waals surface area contributed by atoms with Crippen molar-refractivity contribution >= 4 is 5.91 Å². The highest BCUT2D eigenvalue weighted by Crippen LogP contribution is 2.45. The number of carbonyl (C=O) groups is 1. The maximum Gasteiger partial charge on any atom is 0.417 e. The van der Waals surface area contributed by atoms with Crippen LogP contribution < -0.4 is 5.32 Å². The summed E-state index contributed by atoms with van der Waals surface area (Å²) in [6.45, 7) is -0.212. The molecule has 1 aliphatic rings. The van der Waals surface area contributed by atoms with Gasteiger partial charge >= 0.3 is 6.18 Å². The van der Waals surface area contributed by atoms with Gasteiger partial charge in [0, 0.05) is 0 Å². The molecule has 2 aromatic rings. The van der Waals surface area contributed by atoms with Gasteiger partial charge in [-0.25, -0.2) is 0 Å². The van der Waals surface area contributed by atoms with Gasteiger partial charge < -0.3 is 14.8 Å². The molecule has 0 aliphatic heterocycles. The Balaban J connectivity index is 1.79. The Labute approximate surface area is 136 Å². The van der Waals surface area contributed by atoms with E-state index in [9.17, 15) is 23.1 Å². The van der Waals surface area contributed by atoms with Crippen molar-refractivity contribution in [2.75, 3.05) is 6.54 Å². The Morgan fingerprint density at radius 1 is 1.21 bits per heavy atom. The molecule has 1 atom stereocenters. The third-order valence-electron chi connectivity index (χ3n) is 4.20. The third-order valence-corrected chi connectivity index (χ3v) is 4.20. The lowest BCUT2D eigenvalue weighted by Gasteiger charge is -2.26. The van der Waals surface area contributed by atoms with E-state index in [1.807, 2.05) is 0 Å². The number of aliphatic hydroxyl groups is 1. The van der Waals surface area contributed by atoms with Crippen molar-refractivity contribution in [2.24, 2.45) is 5.92 Å². The molecule has 7 heteroatoms. The Kier molecular flexibility index (Phi) is 4.13. The Hall–Kier alpha value is -2.28. The zero-order valence-electron chi connectivity index (χ0n) is 12.6. The lowest BCUT2D eigenvalue weighted by atomic mass is 9.94. The number of rotatable bonds is 5. The van der Waals surface area contributed by atoms with Gasteiger partial charge in [0.2, 0.25) is 0 Å². The van der Waals surface area contributed by atoms with Crippen molar-refractivity contribution in [3.63, 3.8) is 0 Å². The van der Waals surface area contributed by atoms with E-state index in [4.69, 9.17) is 4.42 Å². The van der Waals surface area contributed by atoms with E-state index in [1.54, 1.807) is 12.1 Å². The normalized spacial score (nSPS) is 17.3. The summed E-state index contributed by atoms with van der Waals surface area (Å²) in [5.74, 6) is -0.662. The van der Waals surface area contributed by atoms with E-state index in [2.05, 4.69) is 5.32 Å². The quantitative estimate of drug-likeness (QED) is 0.878. The zero-order chi connectivity index (χ0) is 17.4. The van der Waals surface area contributed by atoms with Crippen LogP contribution in [0.3, 0.4) is 0 Å². The lowest BCUT2D eigenvalue weighted by molar-refractivity contribution is -0.137. The van der Waals surface area contributed by atoms with Gasteiger partial charge in [-0.1, -0.05) is 12.1 Å². The van der Waals surface area contributed by atoms with Crippen LogP contribution in [0, 0.1) is 5.92 Å². The summed E-state index contributed by atoms with van der Waals surface area (Å²) in [6.07, 6.45) is -1.68. The summed E-state index contributed by atoms with van der Waals surface area (Å²) in [5, 5.41) is 13.2. The number of nitrogens with one attached hydrogen (secondary N) is 1. The first-order valence-corrected chi connectivity index (χ1v) is 7.53. The van der Waals surface area contributed by atoms with E-state index in [-0.39, 0.29) is 12.5 Å². The Morgan fingerprint density at radius 3 is 2.50 bits per heavy atom. The molecule has 3 rings (SSSR count). The van der Waals surface area contributed by atoms with Crippen LogP contribution in [-0.2, 0) is 11.8 Å². The summed E-state index contributed by atoms with van der Waals surface area (Å²) in [5.41, 5.74) is -2.88. The molecule has 0 bridgehead atoms. The molecule has 1 aromatic carbocycles. The van der Waals surface area contributed by atoms with E-state index in [0.29, 0.717) is 5.76 Å². The second-order valence-electron chi connectivity index (χ2n) is 5.90. The molecule has 24 heavy (non-hydrogen) atoms. The van der Waals surface area contributed by atoms with Gasteiger partial charge in [0.15, 0.2) is 0 Å². The Morgan fingerprint density at radius 2 is 1.92 bits per heavy atom. The van der Waals surface area contributed by atoms with Crippen molar-refractivity contribution in [3.05, 3.63) is 59.5 Å². The molecule has 0 saturated heterocycles. The summed E-state index contributed by atoms with van der Waals surface area (Å²) >= 11 is 0. The van der Waals surface area contributed by atoms with Crippen LogP contribution >= 0.6 is 0 Å². The highest BCUT2D eigenvalue weighted by Gasteiger charge is 2.47. The van der Waals surface area contributed by atoms with E-state index in [1.165, 1.54) is 18.4 Å². The monoisotopic (exact) mass is 339 g/mol. The van der Waals surface area contributed by atoms with Gasteiger partial charge in [0.05, 0.1) is 23.9 Å². The molecule has 0 unspecified atom stereocenters. The van der Waals surface area contributed by atoms with Crippen molar-refractivity contribution in [1.29, 1.82) is 0 Å². The fraction of sp³-hybridized carbons (Fsp3) is 0.353. The largest absolute Gasteiger partial charge is 0.466 e. The number of furan rings is 1. The molecule has 1 aliphatic carbocycles. The minimum absolute atomic E-state index is 0.0817. The average molecular weight is 339 g/mol. The van der Waals surface area contributed by atoms with E-state index < -0.39 is 28.8 Å². The molecular formula is C17H16F3NO3. The van der Waals surface area contributed by atoms with Crippen LogP contribution in [-0.4, -0.2) is 17.6 Å². The van der Waals surface area contributed by atoms with Crippen LogP contribution in [0.15, 0.2) is 47.1 Å². The van der Waals surface area contributed by atoms with Crippen LogP contribution in [0.5, 0.6) is 0 Å². The predicted molar refractivity (Wildman–Crippen MR) is 79.1 cm³/mol. The van der Waals surface area contributed by atoms with Crippen molar-refractivity contribution in [3.8, 4) is 0 Å². The average Bonchev–Trinajstić information content (AvgIpc) is 3.26. The summed E-state index contributed by atoms with van der Waals surface area (Å²) in [7, 11) is 0. The van der Waals surface area contributed by atoms with Crippen LogP contribution in [0.25, 0.3) is 0 Å². The number of benzene rings is 1. The fourth-order valence-corrected chi connectivity index (χ4v) is 2.76. The molecule has 1 saturated carbocycles. The number of halogens is 3. The van der Waals surface area contributed by atoms with E-state index in [0.717, 1.165) is 25.0 Å². The fourth-order valence-electron chi connectivity index (χ4n) is 2.76. The first kappa shape index (κ1) is 16.6. The SMILES string of the molecule is O=C(NC[C@@](O)(c1ccco1)C1CC1)c1ccccc1C(F)(F)F. The maximum absolute atomic E-state index is 13.0. The molecule has 0 radical (unpaired) electrons. The molecular weight excluding hydrogens is 323 g/mol. The minimum atomic E-state index is -4.62. The number of carbonyl (C=O) groups excluding carboxylic acids is 1. The topological polar surface area (TPSA) is 62.5 Å². The third kappa shape index (κ3) is 3.17. The maximum atomic E-state index is 13.0. The van der Waals surface area contributed by atoms with Gasteiger partial charge in [0.25, 0.3) is 5.91 Å². The molecule has 1 aromatic heterocycles. The van der Waals surface area contributed by atoms with Crippen molar-refractivity contribution in [1.82, 2.24) is 5.32 Å². The van der Waals surface area contributed by atoms with E-state index >= 15 is 0 Å². The second kappa shape index (κ2) is 5.98. The molecule has 1 fully saturated rings. The van der Waals surface area contributed by atoms with Crippen LogP contribution in [0.1, 0.15) is 34.5 Å².